The number of fused-ring (bicyclic) bond motifs is 5. The number of aromatic nitrogens is 4. The molecular formula is C35H45FN8O3. The SMILES string of the molecule is CC1CCc2ccc(N)cc2C12Cc1nc(OC[C@@]34CCCN3C[C@H](F)C4)nc(N3CCCn4nc(C(=O)N(C)C)cc4C3)c1CO2. The Hall–Kier alpha value is -3.77. The van der Waals surface area contributed by atoms with Crippen LogP contribution in [0.5, 0.6) is 6.01 Å². The van der Waals surface area contributed by atoms with E-state index in [1.165, 1.54) is 5.56 Å². The van der Waals surface area contributed by atoms with E-state index >= 15 is 0 Å². The monoisotopic (exact) mass is 644 g/mol. The molecule has 1 spiro atoms. The number of carbonyl (C=O) groups is 1. The maximum atomic E-state index is 14.6. The van der Waals surface area contributed by atoms with Crippen LogP contribution in [0.1, 0.15) is 77.6 Å². The van der Waals surface area contributed by atoms with Crippen molar-refractivity contribution in [1.29, 1.82) is 0 Å². The molecule has 5 aliphatic rings. The van der Waals surface area contributed by atoms with Crippen molar-refractivity contribution in [2.75, 3.05) is 51.0 Å². The molecule has 0 saturated carbocycles. The van der Waals surface area contributed by atoms with Gasteiger partial charge in [0.05, 0.1) is 30.1 Å². The van der Waals surface area contributed by atoms with Gasteiger partial charge < -0.3 is 25.0 Å². The number of hydrogen-bond acceptors (Lipinski definition) is 9. The molecule has 11 nitrogen and oxygen atoms in total. The van der Waals surface area contributed by atoms with Crippen LogP contribution in [0.4, 0.5) is 15.9 Å². The molecule has 1 aromatic carbocycles. The largest absolute Gasteiger partial charge is 0.461 e. The van der Waals surface area contributed by atoms with E-state index in [0.717, 1.165) is 79.2 Å². The van der Waals surface area contributed by atoms with E-state index in [4.69, 9.17) is 25.2 Å². The molecule has 0 bridgehead atoms. The van der Waals surface area contributed by atoms with E-state index in [0.29, 0.717) is 57.4 Å². The van der Waals surface area contributed by atoms with Crippen LogP contribution >= 0.6 is 0 Å². The van der Waals surface area contributed by atoms with Gasteiger partial charge in [-0.2, -0.15) is 15.1 Å². The molecule has 4 aliphatic heterocycles. The van der Waals surface area contributed by atoms with Crippen LogP contribution in [0.25, 0.3) is 0 Å². The molecule has 2 aromatic heterocycles. The summed E-state index contributed by atoms with van der Waals surface area (Å²) in [4.78, 5) is 29.0. The third-order valence-corrected chi connectivity index (χ3v) is 11.4. The predicted molar refractivity (Wildman–Crippen MR) is 175 cm³/mol. The smallest absolute Gasteiger partial charge is 0.318 e. The zero-order valence-corrected chi connectivity index (χ0v) is 27.7. The van der Waals surface area contributed by atoms with E-state index < -0.39 is 11.8 Å². The zero-order valence-electron chi connectivity index (χ0n) is 27.7. The quantitative estimate of drug-likeness (QED) is 0.414. The fourth-order valence-corrected chi connectivity index (χ4v) is 8.81. The fraction of sp³-hybridized carbons (Fsp3) is 0.600. The lowest BCUT2D eigenvalue weighted by molar-refractivity contribution is -0.117. The second kappa shape index (κ2) is 11.4. The molecule has 1 aliphatic carbocycles. The highest BCUT2D eigenvalue weighted by Gasteiger charge is 2.50. The molecule has 1 amide bonds. The van der Waals surface area contributed by atoms with Gasteiger partial charge in [-0.1, -0.05) is 13.0 Å². The number of nitrogen functional groups attached to an aromatic ring is 1. The summed E-state index contributed by atoms with van der Waals surface area (Å²) in [6, 6.07) is 8.42. The maximum Gasteiger partial charge on any atom is 0.318 e. The van der Waals surface area contributed by atoms with Gasteiger partial charge in [-0.05, 0) is 73.9 Å². The Labute approximate surface area is 275 Å². The number of rotatable bonds is 5. The van der Waals surface area contributed by atoms with E-state index in [-0.39, 0.29) is 17.4 Å². The van der Waals surface area contributed by atoms with Crippen molar-refractivity contribution in [3.05, 3.63) is 58.0 Å². The van der Waals surface area contributed by atoms with Crippen LogP contribution in [0.15, 0.2) is 24.3 Å². The summed E-state index contributed by atoms with van der Waals surface area (Å²) in [6.45, 7) is 6.38. The van der Waals surface area contributed by atoms with Gasteiger partial charge in [-0.25, -0.2) is 4.39 Å². The molecule has 12 heteroatoms. The molecule has 4 atom stereocenters. The minimum Gasteiger partial charge on any atom is -0.461 e. The highest BCUT2D eigenvalue weighted by Crippen LogP contribution is 2.49. The van der Waals surface area contributed by atoms with Gasteiger partial charge in [0.2, 0.25) is 0 Å². The van der Waals surface area contributed by atoms with Crippen molar-refractivity contribution in [2.24, 2.45) is 5.92 Å². The first kappa shape index (κ1) is 30.6. The number of carbonyl (C=O) groups excluding carboxylic acids is 1. The summed E-state index contributed by atoms with van der Waals surface area (Å²) in [7, 11) is 3.48. The Kier molecular flexibility index (Phi) is 7.43. The lowest BCUT2D eigenvalue weighted by atomic mass is 9.68. The normalized spacial score (nSPS) is 28.4. The van der Waals surface area contributed by atoms with E-state index in [2.05, 4.69) is 34.0 Å². The van der Waals surface area contributed by atoms with Crippen molar-refractivity contribution in [3.63, 3.8) is 0 Å². The molecule has 6 heterocycles. The summed E-state index contributed by atoms with van der Waals surface area (Å²) in [5.41, 5.74) is 11.9. The Morgan fingerprint density at radius 1 is 1.19 bits per heavy atom. The van der Waals surface area contributed by atoms with E-state index in [9.17, 15) is 9.18 Å². The fourth-order valence-electron chi connectivity index (χ4n) is 8.81. The van der Waals surface area contributed by atoms with Crippen LogP contribution in [-0.2, 0) is 42.9 Å². The molecule has 2 N–H and O–H groups in total. The van der Waals surface area contributed by atoms with Crippen molar-refractivity contribution < 1.29 is 18.7 Å². The second-order valence-corrected chi connectivity index (χ2v) is 14.5. The lowest BCUT2D eigenvalue weighted by Gasteiger charge is -2.47. The predicted octanol–water partition coefficient (Wildman–Crippen LogP) is 3.87. The molecule has 2 fully saturated rings. The zero-order chi connectivity index (χ0) is 32.5. The van der Waals surface area contributed by atoms with Crippen molar-refractivity contribution in [2.45, 2.75) is 88.9 Å². The number of nitrogens with two attached hydrogens (primary N) is 1. The number of benzene rings is 1. The molecule has 2 saturated heterocycles. The molecule has 2 unspecified atom stereocenters. The average molecular weight is 645 g/mol. The van der Waals surface area contributed by atoms with Crippen LogP contribution in [0.2, 0.25) is 0 Å². The minimum atomic E-state index is -0.831. The molecule has 250 valence electrons. The summed E-state index contributed by atoms with van der Waals surface area (Å²) < 4.78 is 30.0. The number of halogens is 1. The number of nitrogens with zero attached hydrogens (tertiary/aromatic N) is 7. The van der Waals surface area contributed by atoms with Gasteiger partial charge in [-0.15, -0.1) is 0 Å². The van der Waals surface area contributed by atoms with Gasteiger partial charge in [0.1, 0.15) is 24.2 Å². The Balaban J connectivity index is 1.17. The molecule has 47 heavy (non-hydrogen) atoms. The van der Waals surface area contributed by atoms with Gasteiger partial charge in [0.15, 0.2) is 5.69 Å². The van der Waals surface area contributed by atoms with Crippen molar-refractivity contribution >= 4 is 17.4 Å². The summed E-state index contributed by atoms with van der Waals surface area (Å²) >= 11 is 0. The second-order valence-electron chi connectivity index (χ2n) is 14.5. The first-order valence-electron chi connectivity index (χ1n) is 17.1. The Bertz CT molecular complexity index is 1710. The minimum absolute atomic E-state index is 0.115. The topological polar surface area (TPSA) is 115 Å². The first-order valence-corrected chi connectivity index (χ1v) is 17.1. The third kappa shape index (κ3) is 5.15. The van der Waals surface area contributed by atoms with Crippen LogP contribution in [-0.4, -0.2) is 87.5 Å². The van der Waals surface area contributed by atoms with Crippen molar-refractivity contribution in [1.82, 2.24) is 29.5 Å². The number of ether oxygens (including phenoxy) is 2. The van der Waals surface area contributed by atoms with Gasteiger partial charge in [0, 0.05) is 57.8 Å². The number of hydrogen-bond donors (Lipinski definition) is 1. The number of aryl methyl sites for hydroxylation is 2. The standard InChI is InChI=1S/C35H45FN8O3/c1-22-6-7-23-8-9-25(37)14-28(23)35(22)17-30-27(20-47-35)31(39-33(38-30)46-21-34-10-4-12-43(34)18-24(36)16-34)42-11-5-13-44-26(19-42)15-29(40-44)32(45)41(2)3/h8-9,14-15,22,24H,4-7,10-13,16-21,37H2,1-3H3/t22?,24-,34+,35?/m1/s1. The molecule has 8 rings (SSSR count). The highest BCUT2D eigenvalue weighted by molar-refractivity contribution is 5.92. The van der Waals surface area contributed by atoms with E-state index in [1.54, 1.807) is 19.0 Å². The number of amides is 1. The summed E-state index contributed by atoms with van der Waals surface area (Å²) in [6.07, 6.45) is 5.05. The lowest BCUT2D eigenvalue weighted by Crippen LogP contribution is -2.46. The van der Waals surface area contributed by atoms with Crippen LogP contribution < -0.4 is 15.4 Å². The summed E-state index contributed by atoms with van der Waals surface area (Å²) in [5.74, 6) is 0.942. The number of alkyl halides is 1. The first-order chi connectivity index (χ1) is 22.6. The van der Waals surface area contributed by atoms with Gasteiger partial charge >= 0.3 is 6.01 Å². The van der Waals surface area contributed by atoms with Gasteiger partial charge in [0.25, 0.3) is 5.91 Å². The molecule has 3 aromatic rings. The Morgan fingerprint density at radius 2 is 2.06 bits per heavy atom. The van der Waals surface area contributed by atoms with E-state index in [1.807, 2.05) is 16.8 Å². The average Bonchev–Trinajstić information content (AvgIpc) is 3.68. The summed E-state index contributed by atoms with van der Waals surface area (Å²) in [5, 5.41) is 4.64. The van der Waals surface area contributed by atoms with Gasteiger partial charge in [-0.3, -0.25) is 14.4 Å². The third-order valence-electron chi connectivity index (χ3n) is 11.4. The highest BCUT2D eigenvalue weighted by atomic mass is 19.1. The van der Waals surface area contributed by atoms with Crippen molar-refractivity contribution in [3.8, 4) is 6.01 Å². The molecule has 0 radical (unpaired) electrons. The van der Waals surface area contributed by atoms with Crippen LogP contribution in [0, 0.1) is 5.92 Å². The number of anilines is 2. The molecular weight excluding hydrogens is 599 g/mol. The van der Waals surface area contributed by atoms with Crippen LogP contribution in [0.3, 0.4) is 0 Å². The Morgan fingerprint density at radius 3 is 2.91 bits per heavy atom. The maximum absolute atomic E-state index is 14.6.